The van der Waals surface area contributed by atoms with Crippen molar-refractivity contribution >= 4 is 5.82 Å². The van der Waals surface area contributed by atoms with E-state index in [0.717, 1.165) is 38.5 Å². The van der Waals surface area contributed by atoms with Crippen molar-refractivity contribution < 1.29 is 0 Å². The number of hydrogen-bond acceptors (Lipinski definition) is 4. The maximum absolute atomic E-state index is 4.53. The van der Waals surface area contributed by atoms with Gasteiger partial charge in [0.15, 0.2) is 0 Å². The fraction of sp³-hybridized carbons (Fsp3) is 0.643. The van der Waals surface area contributed by atoms with Gasteiger partial charge in [-0.2, -0.15) is 0 Å². The highest BCUT2D eigenvalue weighted by Crippen LogP contribution is 2.25. The Labute approximate surface area is 109 Å². The van der Waals surface area contributed by atoms with Crippen molar-refractivity contribution in [2.75, 3.05) is 37.6 Å². The van der Waals surface area contributed by atoms with E-state index < -0.39 is 0 Å². The number of piperidine rings is 1. The Hall–Kier alpha value is -1.13. The summed E-state index contributed by atoms with van der Waals surface area (Å²) in [6.45, 7) is 5.70. The molecule has 4 heteroatoms. The van der Waals surface area contributed by atoms with Gasteiger partial charge in [0.1, 0.15) is 5.82 Å². The highest BCUT2D eigenvalue weighted by molar-refractivity contribution is 5.39. The first-order chi connectivity index (χ1) is 8.95. The van der Waals surface area contributed by atoms with Gasteiger partial charge in [-0.15, -0.1) is 0 Å². The molecule has 2 aliphatic rings. The first-order valence-corrected chi connectivity index (χ1v) is 7.07. The molecule has 1 aromatic rings. The van der Waals surface area contributed by atoms with Gasteiger partial charge in [0.05, 0.1) is 6.17 Å². The van der Waals surface area contributed by atoms with Gasteiger partial charge in [-0.05, 0) is 31.4 Å². The summed E-state index contributed by atoms with van der Waals surface area (Å²) in [4.78, 5) is 9.64. The van der Waals surface area contributed by atoms with Crippen molar-refractivity contribution in [2.24, 2.45) is 0 Å². The Morgan fingerprint density at radius 3 is 2.78 bits per heavy atom. The number of aromatic nitrogens is 1. The Kier molecular flexibility index (Phi) is 3.76. The number of nitrogens with one attached hydrogen (secondary N) is 1. The van der Waals surface area contributed by atoms with E-state index >= 15 is 0 Å². The maximum Gasteiger partial charge on any atom is 0.129 e. The topological polar surface area (TPSA) is 31.4 Å². The van der Waals surface area contributed by atoms with Crippen LogP contribution < -0.4 is 10.2 Å². The van der Waals surface area contributed by atoms with Crippen molar-refractivity contribution in [1.29, 1.82) is 0 Å². The van der Waals surface area contributed by atoms with E-state index in [2.05, 4.69) is 32.2 Å². The first-order valence-electron chi connectivity index (χ1n) is 7.07. The third-order valence-corrected chi connectivity index (χ3v) is 3.99. The summed E-state index contributed by atoms with van der Waals surface area (Å²) in [5.74, 6) is 1.14. The third kappa shape index (κ3) is 2.49. The lowest BCUT2D eigenvalue weighted by Crippen LogP contribution is -2.56. The van der Waals surface area contributed by atoms with Crippen LogP contribution >= 0.6 is 0 Å². The fourth-order valence-corrected chi connectivity index (χ4v) is 3.06. The number of rotatable bonds is 2. The molecule has 3 heterocycles. The van der Waals surface area contributed by atoms with Crippen LogP contribution in [0.4, 0.5) is 5.82 Å². The van der Waals surface area contributed by atoms with Gasteiger partial charge in [-0.3, -0.25) is 4.90 Å². The quantitative estimate of drug-likeness (QED) is 0.852. The maximum atomic E-state index is 4.53. The molecule has 98 valence electrons. The number of pyridine rings is 1. The summed E-state index contributed by atoms with van der Waals surface area (Å²) in [6, 6.07) is 6.22. The molecule has 2 fully saturated rings. The van der Waals surface area contributed by atoms with E-state index in [1.165, 1.54) is 19.3 Å². The molecule has 1 N–H and O–H groups in total. The molecule has 1 atom stereocenters. The van der Waals surface area contributed by atoms with Crippen LogP contribution in [0.25, 0.3) is 0 Å². The summed E-state index contributed by atoms with van der Waals surface area (Å²) < 4.78 is 0. The molecule has 18 heavy (non-hydrogen) atoms. The lowest BCUT2D eigenvalue weighted by Gasteiger charge is -2.44. The summed E-state index contributed by atoms with van der Waals surface area (Å²) in [5.41, 5.74) is 0. The van der Waals surface area contributed by atoms with Crippen molar-refractivity contribution in [1.82, 2.24) is 15.2 Å². The minimum Gasteiger partial charge on any atom is -0.341 e. The highest BCUT2D eigenvalue weighted by Gasteiger charge is 2.29. The molecule has 4 nitrogen and oxygen atoms in total. The van der Waals surface area contributed by atoms with Crippen LogP contribution in [-0.4, -0.2) is 48.8 Å². The van der Waals surface area contributed by atoms with Gasteiger partial charge in [0.25, 0.3) is 0 Å². The smallest absolute Gasteiger partial charge is 0.129 e. The number of nitrogens with zero attached hydrogens (tertiary/aromatic N) is 3. The lowest BCUT2D eigenvalue weighted by molar-refractivity contribution is 0.145. The number of anilines is 1. The van der Waals surface area contributed by atoms with E-state index in [9.17, 15) is 0 Å². The van der Waals surface area contributed by atoms with E-state index in [1.807, 2.05) is 12.3 Å². The monoisotopic (exact) mass is 246 g/mol. The molecule has 0 spiro atoms. The zero-order chi connectivity index (χ0) is 12.2. The van der Waals surface area contributed by atoms with Gasteiger partial charge in [0.2, 0.25) is 0 Å². The summed E-state index contributed by atoms with van der Waals surface area (Å²) >= 11 is 0. The van der Waals surface area contributed by atoms with Crippen LogP contribution in [0.15, 0.2) is 24.4 Å². The zero-order valence-electron chi connectivity index (χ0n) is 10.9. The minimum atomic E-state index is 0.552. The van der Waals surface area contributed by atoms with E-state index in [-0.39, 0.29) is 0 Å². The van der Waals surface area contributed by atoms with Crippen LogP contribution in [0, 0.1) is 0 Å². The normalized spacial score (nSPS) is 26.2. The van der Waals surface area contributed by atoms with Gasteiger partial charge in [0, 0.05) is 38.9 Å². The van der Waals surface area contributed by atoms with E-state index in [4.69, 9.17) is 0 Å². The molecular formula is C14H22N4. The van der Waals surface area contributed by atoms with Gasteiger partial charge in [-0.25, -0.2) is 4.98 Å². The van der Waals surface area contributed by atoms with Crippen molar-refractivity contribution in [3.8, 4) is 0 Å². The lowest BCUT2D eigenvalue weighted by atomic mass is 10.1. The highest BCUT2D eigenvalue weighted by atomic mass is 15.4. The molecule has 0 radical (unpaired) electrons. The SMILES string of the molecule is c1ccc(N2CCCCC2N2CCNCC2)nc1. The Morgan fingerprint density at radius 1 is 1.11 bits per heavy atom. The minimum absolute atomic E-state index is 0.552. The van der Waals surface area contributed by atoms with Gasteiger partial charge < -0.3 is 10.2 Å². The molecule has 3 rings (SSSR count). The molecule has 1 aromatic heterocycles. The van der Waals surface area contributed by atoms with Gasteiger partial charge in [-0.1, -0.05) is 6.07 Å². The average Bonchev–Trinajstić information content (AvgIpc) is 2.49. The third-order valence-electron chi connectivity index (χ3n) is 3.99. The summed E-state index contributed by atoms with van der Waals surface area (Å²) in [6.07, 6.45) is 6.36. The van der Waals surface area contributed by atoms with Crippen molar-refractivity contribution in [3.05, 3.63) is 24.4 Å². The van der Waals surface area contributed by atoms with Crippen molar-refractivity contribution in [2.45, 2.75) is 25.4 Å². The number of piperazine rings is 1. The first kappa shape index (κ1) is 11.9. The summed E-state index contributed by atoms with van der Waals surface area (Å²) in [5, 5.41) is 3.43. The predicted octanol–water partition coefficient (Wildman–Crippen LogP) is 1.30. The second-order valence-electron chi connectivity index (χ2n) is 5.14. The van der Waals surface area contributed by atoms with Gasteiger partial charge >= 0.3 is 0 Å². The molecular weight excluding hydrogens is 224 g/mol. The van der Waals surface area contributed by atoms with Crippen LogP contribution in [0.1, 0.15) is 19.3 Å². The standard InChI is InChI=1S/C14H22N4/c1-3-7-16-13(5-1)18-10-4-2-6-14(18)17-11-8-15-9-12-17/h1,3,5,7,14-15H,2,4,6,8-12H2. The second kappa shape index (κ2) is 5.67. The molecule has 0 saturated carbocycles. The Balaban J connectivity index is 1.77. The predicted molar refractivity (Wildman–Crippen MR) is 73.7 cm³/mol. The van der Waals surface area contributed by atoms with E-state index in [1.54, 1.807) is 0 Å². The number of hydrogen-bond donors (Lipinski definition) is 1. The van der Waals surface area contributed by atoms with E-state index in [0.29, 0.717) is 6.17 Å². The van der Waals surface area contributed by atoms with Crippen LogP contribution in [0.5, 0.6) is 0 Å². The molecule has 1 unspecified atom stereocenters. The Morgan fingerprint density at radius 2 is 2.00 bits per heavy atom. The molecule has 2 saturated heterocycles. The van der Waals surface area contributed by atoms with Crippen LogP contribution in [0.2, 0.25) is 0 Å². The van der Waals surface area contributed by atoms with Crippen molar-refractivity contribution in [3.63, 3.8) is 0 Å². The average molecular weight is 246 g/mol. The second-order valence-corrected chi connectivity index (χ2v) is 5.14. The molecule has 0 amide bonds. The van der Waals surface area contributed by atoms with Crippen LogP contribution in [0.3, 0.4) is 0 Å². The van der Waals surface area contributed by atoms with Crippen LogP contribution in [-0.2, 0) is 0 Å². The largest absolute Gasteiger partial charge is 0.341 e. The molecule has 0 aliphatic carbocycles. The molecule has 0 bridgehead atoms. The molecule has 2 aliphatic heterocycles. The summed E-state index contributed by atoms with van der Waals surface area (Å²) in [7, 11) is 0. The molecule has 0 aromatic carbocycles. The Bertz CT molecular complexity index is 361. The zero-order valence-corrected chi connectivity index (χ0v) is 10.9. The fourth-order valence-electron chi connectivity index (χ4n) is 3.06.